The van der Waals surface area contributed by atoms with Gasteiger partial charge in [-0.1, -0.05) is 13.8 Å². The fourth-order valence-corrected chi connectivity index (χ4v) is 0.775. The minimum absolute atomic E-state index is 0.668. The number of hydrogen-bond acceptors (Lipinski definition) is 2. The zero-order chi connectivity index (χ0) is 7.11. The van der Waals surface area contributed by atoms with Gasteiger partial charge in [-0.15, -0.1) is 0 Å². The molecule has 0 N–H and O–H groups in total. The molecule has 0 aliphatic heterocycles. The van der Waals surface area contributed by atoms with Gasteiger partial charge in [0.25, 0.3) is 0 Å². The number of carbonyl (C=O) groups excluding carboxylic acids is 1. The van der Waals surface area contributed by atoms with Crippen molar-refractivity contribution in [2.75, 3.05) is 19.6 Å². The first-order valence-electron chi connectivity index (χ1n) is 3.51. The smallest absolute Gasteiger partial charge is 0.121 e. The highest BCUT2D eigenvalue weighted by molar-refractivity contribution is 5.49. The molecular weight excluding hydrogens is 114 g/mol. The maximum atomic E-state index is 9.91. The normalized spacial score (nSPS) is 10.1. The highest BCUT2D eigenvalue weighted by Crippen LogP contribution is 1.86. The van der Waals surface area contributed by atoms with Crippen LogP contribution in [0.3, 0.4) is 0 Å². The third kappa shape index (κ3) is 4.15. The van der Waals surface area contributed by atoms with Crippen molar-refractivity contribution in [1.82, 2.24) is 4.90 Å². The van der Waals surface area contributed by atoms with Crippen LogP contribution in [0.25, 0.3) is 0 Å². The van der Waals surface area contributed by atoms with Gasteiger partial charge in [-0.05, 0) is 13.1 Å². The third-order valence-corrected chi connectivity index (χ3v) is 1.46. The van der Waals surface area contributed by atoms with E-state index in [0.29, 0.717) is 6.42 Å². The van der Waals surface area contributed by atoms with Crippen LogP contribution in [-0.4, -0.2) is 30.8 Å². The topological polar surface area (TPSA) is 20.3 Å². The molecular formula is C7H15NO. The minimum Gasteiger partial charge on any atom is -0.303 e. The second-order valence-electron chi connectivity index (χ2n) is 1.98. The van der Waals surface area contributed by atoms with E-state index in [4.69, 9.17) is 0 Å². The van der Waals surface area contributed by atoms with Gasteiger partial charge < -0.3 is 9.69 Å². The van der Waals surface area contributed by atoms with Gasteiger partial charge >= 0.3 is 0 Å². The van der Waals surface area contributed by atoms with Crippen molar-refractivity contribution in [3.8, 4) is 0 Å². The lowest BCUT2D eigenvalue weighted by Crippen LogP contribution is -2.24. The Bertz CT molecular complexity index is 69.3. The van der Waals surface area contributed by atoms with E-state index < -0.39 is 0 Å². The average molecular weight is 129 g/mol. The molecule has 0 amide bonds. The molecule has 0 saturated heterocycles. The van der Waals surface area contributed by atoms with Crippen LogP contribution in [0.5, 0.6) is 0 Å². The van der Waals surface area contributed by atoms with Crippen LogP contribution >= 0.6 is 0 Å². The predicted octanol–water partition coefficient (Wildman–Crippen LogP) is 0.917. The zero-order valence-corrected chi connectivity index (χ0v) is 6.26. The Morgan fingerprint density at radius 3 is 2.22 bits per heavy atom. The third-order valence-electron chi connectivity index (χ3n) is 1.46. The standard InChI is InChI=1S/C7H15NO/c1-3-8(4-2)6-5-7-9/h7H,3-6H2,1-2H3. The molecule has 9 heavy (non-hydrogen) atoms. The fraction of sp³-hybridized carbons (Fsp3) is 0.857. The molecule has 0 aromatic rings. The predicted molar refractivity (Wildman–Crippen MR) is 38.5 cm³/mol. The highest BCUT2D eigenvalue weighted by atomic mass is 16.1. The highest BCUT2D eigenvalue weighted by Gasteiger charge is 1.94. The van der Waals surface area contributed by atoms with Crippen LogP contribution in [0.15, 0.2) is 0 Å². The summed E-state index contributed by atoms with van der Waals surface area (Å²) in [4.78, 5) is 12.1. The van der Waals surface area contributed by atoms with E-state index in [1.807, 2.05) is 0 Å². The molecule has 0 aliphatic carbocycles. The molecule has 2 heteroatoms. The summed E-state index contributed by atoms with van der Waals surface area (Å²) in [5.41, 5.74) is 0. The molecule has 54 valence electrons. The molecule has 0 radical (unpaired) electrons. The van der Waals surface area contributed by atoms with Crippen LogP contribution in [0.4, 0.5) is 0 Å². The van der Waals surface area contributed by atoms with Gasteiger partial charge in [0.05, 0.1) is 0 Å². The Morgan fingerprint density at radius 2 is 1.89 bits per heavy atom. The molecule has 0 heterocycles. The van der Waals surface area contributed by atoms with Crippen molar-refractivity contribution in [1.29, 1.82) is 0 Å². The molecule has 0 saturated carbocycles. The summed E-state index contributed by atoms with van der Waals surface area (Å²) in [6.45, 7) is 7.22. The lowest BCUT2D eigenvalue weighted by atomic mass is 10.4. The summed E-state index contributed by atoms with van der Waals surface area (Å²) < 4.78 is 0. The van der Waals surface area contributed by atoms with E-state index in [1.165, 1.54) is 0 Å². The van der Waals surface area contributed by atoms with Crippen LogP contribution in [0.1, 0.15) is 20.3 Å². The van der Waals surface area contributed by atoms with E-state index in [0.717, 1.165) is 25.9 Å². The molecule has 0 spiro atoms. The van der Waals surface area contributed by atoms with E-state index in [9.17, 15) is 4.79 Å². The Morgan fingerprint density at radius 1 is 1.33 bits per heavy atom. The summed E-state index contributed by atoms with van der Waals surface area (Å²) in [5.74, 6) is 0. The van der Waals surface area contributed by atoms with Crippen LogP contribution < -0.4 is 0 Å². The van der Waals surface area contributed by atoms with E-state index in [1.54, 1.807) is 0 Å². The molecule has 0 bridgehead atoms. The molecule has 0 fully saturated rings. The first-order chi connectivity index (χ1) is 4.35. The molecule has 0 aliphatic rings. The molecule has 0 aromatic carbocycles. The zero-order valence-electron chi connectivity index (χ0n) is 6.26. The van der Waals surface area contributed by atoms with Crippen molar-refractivity contribution in [3.63, 3.8) is 0 Å². The monoisotopic (exact) mass is 129 g/mol. The number of aldehydes is 1. The fourth-order valence-electron chi connectivity index (χ4n) is 0.775. The van der Waals surface area contributed by atoms with Gasteiger partial charge in [0.1, 0.15) is 6.29 Å². The first-order valence-corrected chi connectivity index (χ1v) is 3.51. The van der Waals surface area contributed by atoms with Gasteiger partial charge in [0.15, 0.2) is 0 Å². The summed E-state index contributed by atoms with van der Waals surface area (Å²) in [5, 5.41) is 0. The van der Waals surface area contributed by atoms with Crippen LogP contribution in [-0.2, 0) is 4.79 Å². The maximum Gasteiger partial charge on any atom is 0.121 e. The van der Waals surface area contributed by atoms with Gasteiger partial charge in [-0.2, -0.15) is 0 Å². The van der Waals surface area contributed by atoms with Gasteiger partial charge in [0, 0.05) is 13.0 Å². The van der Waals surface area contributed by atoms with Crippen LogP contribution in [0, 0.1) is 0 Å². The first kappa shape index (κ1) is 8.63. The van der Waals surface area contributed by atoms with Crippen molar-refractivity contribution >= 4 is 6.29 Å². The lowest BCUT2D eigenvalue weighted by Gasteiger charge is -2.15. The number of nitrogens with zero attached hydrogens (tertiary/aromatic N) is 1. The number of hydrogen-bond donors (Lipinski definition) is 0. The van der Waals surface area contributed by atoms with E-state index >= 15 is 0 Å². The Labute approximate surface area is 56.9 Å². The average Bonchev–Trinajstić information content (AvgIpc) is 1.91. The quantitative estimate of drug-likeness (QED) is 0.514. The summed E-state index contributed by atoms with van der Waals surface area (Å²) in [6.07, 6.45) is 1.64. The summed E-state index contributed by atoms with van der Waals surface area (Å²) in [6, 6.07) is 0. The Balaban J connectivity index is 3.19. The van der Waals surface area contributed by atoms with E-state index in [-0.39, 0.29) is 0 Å². The van der Waals surface area contributed by atoms with Gasteiger partial charge in [-0.3, -0.25) is 0 Å². The Kier molecular flexibility index (Phi) is 5.52. The molecule has 0 rings (SSSR count). The van der Waals surface area contributed by atoms with Crippen molar-refractivity contribution in [2.24, 2.45) is 0 Å². The number of carbonyl (C=O) groups is 1. The summed E-state index contributed by atoms with van der Waals surface area (Å²) in [7, 11) is 0. The summed E-state index contributed by atoms with van der Waals surface area (Å²) >= 11 is 0. The lowest BCUT2D eigenvalue weighted by molar-refractivity contribution is -0.108. The second kappa shape index (κ2) is 5.76. The molecule has 0 unspecified atom stereocenters. The molecule has 2 nitrogen and oxygen atoms in total. The Hall–Kier alpha value is -0.370. The van der Waals surface area contributed by atoms with Crippen LogP contribution in [0.2, 0.25) is 0 Å². The second-order valence-corrected chi connectivity index (χ2v) is 1.98. The number of rotatable bonds is 5. The molecule has 0 atom stereocenters. The van der Waals surface area contributed by atoms with Crippen molar-refractivity contribution in [3.05, 3.63) is 0 Å². The largest absolute Gasteiger partial charge is 0.303 e. The SMILES string of the molecule is CCN(CC)CCC=O. The van der Waals surface area contributed by atoms with Gasteiger partial charge in [0.2, 0.25) is 0 Å². The van der Waals surface area contributed by atoms with Crippen molar-refractivity contribution < 1.29 is 4.79 Å². The maximum absolute atomic E-state index is 9.91. The van der Waals surface area contributed by atoms with Gasteiger partial charge in [-0.25, -0.2) is 0 Å². The molecule has 0 aromatic heterocycles. The van der Waals surface area contributed by atoms with E-state index in [2.05, 4.69) is 18.7 Å². The minimum atomic E-state index is 0.668. The van der Waals surface area contributed by atoms with Crippen molar-refractivity contribution in [2.45, 2.75) is 20.3 Å².